The minimum atomic E-state index is -1.38. The molecule has 3 aromatic rings. The van der Waals surface area contributed by atoms with Gasteiger partial charge in [-0.2, -0.15) is 9.65 Å². The van der Waals surface area contributed by atoms with Crippen LogP contribution in [0, 0.1) is 23.0 Å². The lowest BCUT2D eigenvalue weighted by atomic mass is 9.87. The van der Waals surface area contributed by atoms with Crippen molar-refractivity contribution >= 4 is 23.3 Å². The Morgan fingerprint density at radius 2 is 1.89 bits per heavy atom. The second-order valence-electron chi connectivity index (χ2n) is 6.03. The molecular weight excluding hydrogens is 376 g/mol. The third-order valence-corrected chi connectivity index (χ3v) is 4.83. The van der Waals surface area contributed by atoms with Gasteiger partial charge in [0.1, 0.15) is 17.6 Å². The van der Waals surface area contributed by atoms with Gasteiger partial charge in [0.05, 0.1) is 22.8 Å². The summed E-state index contributed by atoms with van der Waals surface area (Å²) in [5, 5.41) is 28.9. The van der Waals surface area contributed by atoms with Gasteiger partial charge in [0.25, 0.3) is 0 Å². The van der Waals surface area contributed by atoms with Crippen molar-refractivity contribution in [1.29, 1.82) is 5.26 Å². The van der Waals surface area contributed by atoms with Crippen molar-refractivity contribution in [3.8, 4) is 17.6 Å². The summed E-state index contributed by atoms with van der Waals surface area (Å²) < 4.78 is 34.0. The highest BCUT2D eigenvalue weighted by atomic mass is 35.5. The molecular formula is C20H10ClF2NO3. The van der Waals surface area contributed by atoms with Crippen LogP contribution < -0.4 is 0 Å². The number of rotatable bonds is 2. The Morgan fingerprint density at radius 3 is 2.63 bits per heavy atom. The number of hydrogen-bond acceptors (Lipinski definition) is 4. The molecule has 0 fully saturated rings. The molecule has 1 aliphatic rings. The fraction of sp³-hybridized carbons (Fsp3) is 0.0500. The highest BCUT2D eigenvalue weighted by Crippen LogP contribution is 2.50. The van der Waals surface area contributed by atoms with Crippen LogP contribution in [-0.2, 0) is 0 Å². The smallest absolute Gasteiger partial charge is 0.200 e. The Kier molecular flexibility index (Phi) is 3.90. The SMILES string of the molecule is N#Cc1ccoc1C1C(c2ccc(O)c(F)c2F)=Cc2c(Cl)cc(O)cc21. The number of halogens is 3. The van der Waals surface area contributed by atoms with Crippen LogP contribution in [0.3, 0.4) is 0 Å². The van der Waals surface area contributed by atoms with E-state index in [9.17, 15) is 24.3 Å². The molecule has 2 aromatic carbocycles. The highest BCUT2D eigenvalue weighted by Gasteiger charge is 2.35. The number of hydrogen-bond donors (Lipinski definition) is 2. The van der Waals surface area contributed by atoms with Crippen LogP contribution >= 0.6 is 11.6 Å². The molecule has 1 unspecified atom stereocenters. The average molecular weight is 386 g/mol. The summed E-state index contributed by atoms with van der Waals surface area (Å²) >= 11 is 6.22. The number of fused-ring (bicyclic) bond motifs is 1. The monoisotopic (exact) mass is 385 g/mol. The van der Waals surface area contributed by atoms with Crippen molar-refractivity contribution in [3.05, 3.63) is 81.3 Å². The number of furan rings is 1. The van der Waals surface area contributed by atoms with Crippen molar-refractivity contribution < 1.29 is 23.4 Å². The molecule has 0 spiro atoms. The summed E-state index contributed by atoms with van der Waals surface area (Å²) in [7, 11) is 0. The zero-order valence-corrected chi connectivity index (χ0v) is 14.3. The van der Waals surface area contributed by atoms with E-state index in [1.54, 1.807) is 6.08 Å². The van der Waals surface area contributed by atoms with E-state index in [4.69, 9.17) is 16.0 Å². The molecule has 0 bridgehead atoms. The fourth-order valence-corrected chi connectivity index (χ4v) is 3.61. The first kappa shape index (κ1) is 17.1. The Bertz CT molecular complexity index is 1160. The normalized spacial score (nSPS) is 15.3. The van der Waals surface area contributed by atoms with Gasteiger partial charge in [0.2, 0.25) is 5.82 Å². The topological polar surface area (TPSA) is 77.4 Å². The van der Waals surface area contributed by atoms with E-state index in [0.29, 0.717) is 16.7 Å². The summed E-state index contributed by atoms with van der Waals surface area (Å²) in [5.74, 6) is -4.10. The van der Waals surface area contributed by atoms with Gasteiger partial charge in [-0.3, -0.25) is 0 Å². The van der Waals surface area contributed by atoms with Crippen molar-refractivity contribution in [2.24, 2.45) is 0 Å². The summed E-state index contributed by atoms with van der Waals surface area (Å²) in [5.41, 5.74) is 1.40. The van der Waals surface area contributed by atoms with E-state index in [-0.39, 0.29) is 27.7 Å². The number of nitrogens with zero attached hydrogens (tertiary/aromatic N) is 1. The Balaban J connectivity index is 2.01. The molecule has 134 valence electrons. The van der Waals surface area contributed by atoms with Crippen LogP contribution in [0.25, 0.3) is 11.6 Å². The molecule has 0 radical (unpaired) electrons. The second-order valence-corrected chi connectivity index (χ2v) is 6.44. The van der Waals surface area contributed by atoms with Gasteiger partial charge in [-0.15, -0.1) is 0 Å². The zero-order valence-electron chi connectivity index (χ0n) is 13.5. The van der Waals surface area contributed by atoms with Gasteiger partial charge in [0.15, 0.2) is 11.6 Å². The standard InChI is InChI=1S/C20H10ClF2NO3/c21-15-6-10(25)5-13-12(15)7-14(11-1-2-16(26)19(23)18(11)22)17(13)20-9(8-24)3-4-27-20/h1-7,17,25-26H. The van der Waals surface area contributed by atoms with Gasteiger partial charge in [-0.1, -0.05) is 11.6 Å². The zero-order chi connectivity index (χ0) is 19.3. The van der Waals surface area contributed by atoms with Gasteiger partial charge < -0.3 is 14.6 Å². The van der Waals surface area contributed by atoms with Crippen LogP contribution in [0.15, 0.2) is 41.0 Å². The number of allylic oxidation sites excluding steroid dienone is 1. The van der Waals surface area contributed by atoms with Crippen molar-refractivity contribution in [2.75, 3.05) is 0 Å². The Hall–Kier alpha value is -3.30. The molecule has 27 heavy (non-hydrogen) atoms. The maximum atomic E-state index is 14.6. The summed E-state index contributed by atoms with van der Waals surface area (Å²) in [6.45, 7) is 0. The Labute approximate surface area is 157 Å². The van der Waals surface area contributed by atoms with E-state index in [1.807, 2.05) is 6.07 Å². The van der Waals surface area contributed by atoms with Crippen LogP contribution in [0.5, 0.6) is 11.5 Å². The first-order chi connectivity index (χ1) is 12.9. The largest absolute Gasteiger partial charge is 0.508 e. The molecule has 4 nitrogen and oxygen atoms in total. The van der Waals surface area contributed by atoms with E-state index in [0.717, 1.165) is 6.07 Å². The lowest BCUT2D eigenvalue weighted by molar-refractivity contribution is 0.406. The number of phenols is 2. The maximum absolute atomic E-state index is 14.6. The predicted molar refractivity (Wildman–Crippen MR) is 94.3 cm³/mol. The third kappa shape index (κ3) is 2.56. The number of nitriles is 1. The van der Waals surface area contributed by atoms with Crippen molar-refractivity contribution in [1.82, 2.24) is 0 Å². The second kappa shape index (κ2) is 6.15. The first-order valence-corrected chi connectivity index (χ1v) is 8.19. The molecule has 0 saturated heterocycles. The molecule has 7 heteroatoms. The van der Waals surface area contributed by atoms with E-state index < -0.39 is 23.3 Å². The Morgan fingerprint density at radius 1 is 1.11 bits per heavy atom. The average Bonchev–Trinajstić information content (AvgIpc) is 3.23. The molecule has 4 rings (SSSR count). The summed E-state index contributed by atoms with van der Waals surface area (Å²) in [4.78, 5) is 0. The first-order valence-electron chi connectivity index (χ1n) is 7.81. The summed E-state index contributed by atoms with van der Waals surface area (Å²) in [6, 6.07) is 8.51. The number of aromatic hydroxyl groups is 2. The lowest BCUT2D eigenvalue weighted by Crippen LogP contribution is -2.04. The number of phenolic OH excluding ortho intramolecular Hbond substituents is 2. The van der Waals surface area contributed by atoms with Crippen LogP contribution in [0.1, 0.15) is 33.9 Å². The minimum Gasteiger partial charge on any atom is -0.508 e. The van der Waals surface area contributed by atoms with Gasteiger partial charge >= 0.3 is 0 Å². The molecule has 0 amide bonds. The minimum absolute atomic E-state index is 0.109. The van der Waals surface area contributed by atoms with Crippen molar-refractivity contribution in [2.45, 2.75) is 5.92 Å². The molecule has 0 aliphatic heterocycles. The van der Waals surface area contributed by atoms with E-state index in [2.05, 4.69) is 0 Å². The predicted octanol–water partition coefficient (Wildman–Crippen LogP) is 5.18. The molecule has 1 atom stereocenters. The van der Waals surface area contributed by atoms with Gasteiger partial charge in [0, 0.05) is 5.56 Å². The highest BCUT2D eigenvalue weighted by molar-refractivity contribution is 6.33. The quantitative estimate of drug-likeness (QED) is 0.637. The fourth-order valence-electron chi connectivity index (χ4n) is 3.34. The van der Waals surface area contributed by atoms with Crippen LogP contribution in [-0.4, -0.2) is 10.2 Å². The third-order valence-electron chi connectivity index (χ3n) is 4.52. The summed E-state index contributed by atoms with van der Waals surface area (Å²) in [6.07, 6.45) is 2.88. The molecule has 0 saturated carbocycles. The van der Waals surface area contributed by atoms with E-state index >= 15 is 0 Å². The van der Waals surface area contributed by atoms with Gasteiger partial charge in [-0.25, -0.2) is 4.39 Å². The molecule has 2 N–H and O–H groups in total. The molecule has 1 aliphatic carbocycles. The van der Waals surface area contributed by atoms with Crippen molar-refractivity contribution in [3.63, 3.8) is 0 Å². The molecule has 1 heterocycles. The molecule has 1 aromatic heterocycles. The van der Waals surface area contributed by atoms with E-state index in [1.165, 1.54) is 30.5 Å². The van der Waals surface area contributed by atoms with Crippen LogP contribution in [0.2, 0.25) is 5.02 Å². The lowest BCUT2D eigenvalue weighted by Gasteiger charge is -2.17. The maximum Gasteiger partial charge on any atom is 0.200 e. The van der Waals surface area contributed by atoms with Gasteiger partial charge in [-0.05, 0) is 53.1 Å². The van der Waals surface area contributed by atoms with Crippen LogP contribution in [0.4, 0.5) is 8.78 Å². The number of benzene rings is 2.